The molecular formula is C11H7ClN4. The number of nitrogens with zero attached hydrogens (tertiary/aromatic N) is 3. The van der Waals surface area contributed by atoms with E-state index in [1.54, 1.807) is 18.2 Å². The molecule has 0 unspecified atom stereocenters. The highest BCUT2D eigenvalue weighted by Gasteiger charge is 2.09. The van der Waals surface area contributed by atoms with Gasteiger partial charge in [0, 0.05) is 17.3 Å². The molecule has 2 N–H and O–H groups in total. The number of nitrogens with two attached hydrogens (primary N) is 1. The van der Waals surface area contributed by atoms with Gasteiger partial charge in [0.1, 0.15) is 5.82 Å². The Morgan fingerprint density at radius 1 is 1.25 bits per heavy atom. The van der Waals surface area contributed by atoms with Crippen molar-refractivity contribution in [2.45, 2.75) is 0 Å². The van der Waals surface area contributed by atoms with E-state index in [-0.39, 0.29) is 11.1 Å². The van der Waals surface area contributed by atoms with Gasteiger partial charge in [-0.1, -0.05) is 18.2 Å². The van der Waals surface area contributed by atoms with Gasteiger partial charge in [-0.25, -0.2) is 9.97 Å². The summed E-state index contributed by atoms with van der Waals surface area (Å²) in [5.74, 6) is 0.266. The molecule has 78 valence electrons. The van der Waals surface area contributed by atoms with Gasteiger partial charge < -0.3 is 5.73 Å². The molecule has 1 aromatic carbocycles. The van der Waals surface area contributed by atoms with E-state index in [2.05, 4.69) is 16.0 Å². The molecule has 0 spiro atoms. The molecule has 5 heteroatoms. The van der Waals surface area contributed by atoms with Crippen LogP contribution in [0.3, 0.4) is 0 Å². The van der Waals surface area contributed by atoms with Crippen LogP contribution < -0.4 is 5.73 Å². The molecular weight excluding hydrogens is 224 g/mol. The number of hydrogen-bond acceptors (Lipinski definition) is 4. The molecule has 0 fully saturated rings. The second-order valence-electron chi connectivity index (χ2n) is 3.10. The molecule has 2 aromatic rings. The summed E-state index contributed by atoms with van der Waals surface area (Å²) in [4.78, 5) is 7.70. The minimum atomic E-state index is 0.0932. The summed E-state index contributed by atoms with van der Waals surface area (Å²) < 4.78 is 0. The van der Waals surface area contributed by atoms with Gasteiger partial charge in [-0.2, -0.15) is 5.26 Å². The average molecular weight is 231 g/mol. The van der Waals surface area contributed by atoms with Crippen molar-refractivity contribution in [2.24, 2.45) is 0 Å². The van der Waals surface area contributed by atoms with Gasteiger partial charge in [-0.05, 0) is 17.7 Å². The fraction of sp³-hybridized carbons (Fsp3) is 0. The van der Waals surface area contributed by atoms with E-state index in [0.29, 0.717) is 16.7 Å². The summed E-state index contributed by atoms with van der Waals surface area (Å²) >= 11 is 5.61. The Morgan fingerprint density at radius 3 is 2.69 bits per heavy atom. The first-order valence-electron chi connectivity index (χ1n) is 4.50. The molecule has 0 saturated heterocycles. The lowest BCUT2D eigenvalue weighted by molar-refractivity contribution is 1.18. The SMILES string of the molecule is N#Cc1ccccc1-c1cnc(Cl)nc1N. The standard InChI is InChI=1S/C11H7ClN4/c12-11-15-6-9(10(14)16-11)8-4-2-1-3-7(8)5-13/h1-4,6H,(H2,14,15,16). The Balaban J connectivity index is 2.64. The first-order chi connectivity index (χ1) is 7.72. The molecule has 0 amide bonds. The van der Waals surface area contributed by atoms with Crippen molar-refractivity contribution in [3.05, 3.63) is 41.3 Å². The molecule has 4 nitrogen and oxygen atoms in total. The van der Waals surface area contributed by atoms with Gasteiger partial charge >= 0.3 is 0 Å². The quantitative estimate of drug-likeness (QED) is 0.763. The van der Waals surface area contributed by atoms with Crippen molar-refractivity contribution in [1.29, 1.82) is 5.26 Å². The molecule has 0 aliphatic rings. The second-order valence-corrected chi connectivity index (χ2v) is 3.43. The molecule has 1 aromatic heterocycles. The van der Waals surface area contributed by atoms with Crippen molar-refractivity contribution in [2.75, 3.05) is 5.73 Å². The predicted molar refractivity (Wildman–Crippen MR) is 61.6 cm³/mol. The average Bonchev–Trinajstić information content (AvgIpc) is 2.29. The summed E-state index contributed by atoms with van der Waals surface area (Å²) in [6, 6.07) is 9.21. The Bertz CT molecular complexity index is 574. The van der Waals surface area contributed by atoms with Crippen molar-refractivity contribution in [3.8, 4) is 17.2 Å². The third-order valence-electron chi connectivity index (χ3n) is 2.13. The van der Waals surface area contributed by atoms with E-state index in [9.17, 15) is 0 Å². The third kappa shape index (κ3) is 1.81. The van der Waals surface area contributed by atoms with Crippen LogP contribution in [0, 0.1) is 11.3 Å². The van der Waals surface area contributed by atoms with Crippen molar-refractivity contribution in [3.63, 3.8) is 0 Å². The lowest BCUT2D eigenvalue weighted by Gasteiger charge is -2.05. The molecule has 0 aliphatic heterocycles. The van der Waals surface area contributed by atoms with E-state index in [1.165, 1.54) is 6.20 Å². The summed E-state index contributed by atoms with van der Waals surface area (Å²) in [5.41, 5.74) is 7.58. The Hall–Kier alpha value is -2.12. The van der Waals surface area contributed by atoms with Crippen LogP contribution in [0.5, 0.6) is 0 Å². The van der Waals surface area contributed by atoms with Crippen LogP contribution >= 0.6 is 11.6 Å². The molecule has 0 bridgehead atoms. The first-order valence-corrected chi connectivity index (χ1v) is 4.87. The van der Waals surface area contributed by atoms with Gasteiger partial charge in [-0.15, -0.1) is 0 Å². The molecule has 2 rings (SSSR count). The molecule has 0 saturated carbocycles. The van der Waals surface area contributed by atoms with E-state index < -0.39 is 0 Å². The maximum atomic E-state index is 8.97. The molecule has 16 heavy (non-hydrogen) atoms. The minimum absolute atomic E-state index is 0.0932. The van der Waals surface area contributed by atoms with Crippen molar-refractivity contribution >= 4 is 17.4 Å². The lowest BCUT2D eigenvalue weighted by atomic mass is 10.0. The summed E-state index contributed by atoms with van der Waals surface area (Å²) in [6.45, 7) is 0. The van der Waals surface area contributed by atoms with Crippen LogP contribution in [-0.4, -0.2) is 9.97 Å². The highest BCUT2D eigenvalue weighted by molar-refractivity contribution is 6.28. The van der Waals surface area contributed by atoms with Gasteiger partial charge in [0.2, 0.25) is 5.28 Å². The van der Waals surface area contributed by atoms with Gasteiger partial charge in [0.05, 0.1) is 11.6 Å². The lowest BCUT2D eigenvalue weighted by Crippen LogP contribution is -1.97. The molecule has 0 atom stereocenters. The molecule has 0 radical (unpaired) electrons. The Labute approximate surface area is 97.3 Å². The van der Waals surface area contributed by atoms with Crippen LogP contribution in [0.2, 0.25) is 5.28 Å². The second kappa shape index (κ2) is 4.17. The highest BCUT2D eigenvalue weighted by Crippen LogP contribution is 2.27. The number of aromatic nitrogens is 2. The third-order valence-corrected chi connectivity index (χ3v) is 2.31. The van der Waals surface area contributed by atoms with Gasteiger partial charge in [-0.3, -0.25) is 0 Å². The van der Waals surface area contributed by atoms with E-state index >= 15 is 0 Å². The minimum Gasteiger partial charge on any atom is -0.383 e. The first kappa shape index (κ1) is 10.4. The van der Waals surface area contributed by atoms with Gasteiger partial charge in [0.15, 0.2) is 0 Å². The fourth-order valence-corrected chi connectivity index (χ4v) is 1.54. The number of hydrogen-bond donors (Lipinski definition) is 1. The highest BCUT2D eigenvalue weighted by atomic mass is 35.5. The Morgan fingerprint density at radius 2 is 2.00 bits per heavy atom. The largest absolute Gasteiger partial charge is 0.383 e. The fourth-order valence-electron chi connectivity index (χ4n) is 1.40. The zero-order chi connectivity index (χ0) is 11.5. The monoisotopic (exact) mass is 230 g/mol. The maximum Gasteiger partial charge on any atom is 0.224 e. The normalized spacial score (nSPS) is 9.75. The summed E-state index contributed by atoms with van der Waals surface area (Å²) in [6.07, 6.45) is 1.51. The Kier molecular flexibility index (Phi) is 2.71. The number of nitrogen functional groups attached to an aromatic ring is 1. The summed E-state index contributed by atoms with van der Waals surface area (Å²) in [5, 5.41) is 9.06. The smallest absolute Gasteiger partial charge is 0.224 e. The van der Waals surface area contributed by atoms with E-state index in [0.717, 1.165) is 0 Å². The van der Waals surface area contributed by atoms with Crippen LogP contribution in [0.1, 0.15) is 5.56 Å². The number of halogens is 1. The van der Waals surface area contributed by atoms with Gasteiger partial charge in [0.25, 0.3) is 0 Å². The molecule has 0 aliphatic carbocycles. The van der Waals surface area contributed by atoms with Crippen LogP contribution in [0.4, 0.5) is 5.82 Å². The van der Waals surface area contributed by atoms with Crippen molar-refractivity contribution < 1.29 is 0 Å². The summed E-state index contributed by atoms with van der Waals surface area (Å²) in [7, 11) is 0. The number of benzene rings is 1. The van der Waals surface area contributed by atoms with Crippen LogP contribution in [0.25, 0.3) is 11.1 Å². The van der Waals surface area contributed by atoms with E-state index in [1.807, 2.05) is 6.07 Å². The zero-order valence-electron chi connectivity index (χ0n) is 8.18. The molecule has 1 heterocycles. The zero-order valence-corrected chi connectivity index (χ0v) is 8.94. The predicted octanol–water partition coefficient (Wildman–Crippen LogP) is 2.25. The number of nitriles is 1. The number of anilines is 1. The maximum absolute atomic E-state index is 8.97. The van der Waals surface area contributed by atoms with E-state index in [4.69, 9.17) is 22.6 Å². The van der Waals surface area contributed by atoms with Crippen LogP contribution in [0.15, 0.2) is 30.5 Å². The van der Waals surface area contributed by atoms with Crippen LogP contribution in [-0.2, 0) is 0 Å². The van der Waals surface area contributed by atoms with Crippen molar-refractivity contribution in [1.82, 2.24) is 9.97 Å². The topological polar surface area (TPSA) is 75.6 Å². The number of rotatable bonds is 1.